The molecule has 0 spiro atoms. The first-order valence-corrected chi connectivity index (χ1v) is 7.50. The van der Waals surface area contributed by atoms with Crippen LogP contribution in [0, 0.1) is 25.2 Å². The van der Waals surface area contributed by atoms with Gasteiger partial charge in [0.25, 0.3) is 5.91 Å². The predicted molar refractivity (Wildman–Crippen MR) is 90.6 cm³/mol. The summed E-state index contributed by atoms with van der Waals surface area (Å²) in [7, 11) is 0. The van der Waals surface area contributed by atoms with Gasteiger partial charge in [-0.05, 0) is 62.2 Å². The molecule has 24 heavy (non-hydrogen) atoms. The third-order valence-electron chi connectivity index (χ3n) is 3.76. The van der Waals surface area contributed by atoms with Crippen LogP contribution in [0.4, 0.5) is 5.69 Å². The zero-order valence-corrected chi connectivity index (χ0v) is 13.8. The number of esters is 1. The molecule has 1 amide bonds. The van der Waals surface area contributed by atoms with Crippen LogP contribution in [0.25, 0.3) is 0 Å². The topological polar surface area (TPSA) is 79.2 Å². The highest BCUT2D eigenvalue weighted by Crippen LogP contribution is 2.15. The van der Waals surface area contributed by atoms with E-state index in [4.69, 9.17) is 10.00 Å². The molecule has 1 N–H and O–H groups in total. The minimum Gasteiger partial charge on any atom is -0.449 e. The van der Waals surface area contributed by atoms with Crippen molar-refractivity contribution in [3.8, 4) is 6.07 Å². The molecule has 2 rings (SSSR count). The second-order valence-corrected chi connectivity index (χ2v) is 5.47. The third kappa shape index (κ3) is 3.99. The number of carbonyl (C=O) groups excluding carboxylic acids is 2. The third-order valence-corrected chi connectivity index (χ3v) is 3.76. The zero-order chi connectivity index (χ0) is 17.7. The molecular weight excluding hydrogens is 304 g/mol. The molecular formula is C19H18N2O3. The van der Waals surface area contributed by atoms with Crippen molar-refractivity contribution in [2.24, 2.45) is 0 Å². The van der Waals surface area contributed by atoms with Gasteiger partial charge in [-0.15, -0.1) is 0 Å². The number of benzene rings is 2. The molecule has 1 atom stereocenters. The Labute approximate surface area is 140 Å². The summed E-state index contributed by atoms with van der Waals surface area (Å²) in [4.78, 5) is 24.4. The highest BCUT2D eigenvalue weighted by molar-refractivity contribution is 5.97. The molecule has 2 aromatic rings. The Morgan fingerprint density at radius 1 is 1.12 bits per heavy atom. The van der Waals surface area contributed by atoms with Crippen molar-refractivity contribution in [2.75, 3.05) is 5.32 Å². The van der Waals surface area contributed by atoms with Crippen molar-refractivity contribution in [3.63, 3.8) is 0 Å². The number of rotatable bonds is 4. The molecule has 0 aliphatic rings. The standard InChI is InChI=1S/C19H18N2O3/c1-12-5-4-6-17(13(12)2)19(23)24-14(3)18(22)21-16-9-7-15(11-20)8-10-16/h4-10,14H,1-3H3,(H,21,22)/t14-/m1/s1. The molecule has 0 aliphatic carbocycles. The summed E-state index contributed by atoms with van der Waals surface area (Å²) in [5.74, 6) is -0.961. The summed E-state index contributed by atoms with van der Waals surface area (Å²) >= 11 is 0. The van der Waals surface area contributed by atoms with Crippen LogP contribution in [0.3, 0.4) is 0 Å². The maximum absolute atomic E-state index is 12.2. The van der Waals surface area contributed by atoms with Gasteiger partial charge in [-0.1, -0.05) is 12.1 Å². The summed E-state index contributed by atoms with van der Waals surface area (Å²) < 4.78 is 5.25. The maximum Gasteiger partial charge on any atom is 0.339 e. The second kappa shape index (κ2) is 7.42. The normalized spacial score (nSPS) is 11.2. The molecule has 5 heteroatoms. The van der Waals surface area contributed by atoms with Gasteiger partial charge >= 0.3 is 5.97 Å². The fourth-order valence-electron chi connectivity index (χ4n) is 2.12. The number of carbonyl (C=O) groups is 2. The van der Waals surface area contributed by atoms with Crippen LogP contribution < -0.4 is 5.32 Å². The number of hydrogen-bond donors (Lipinski definition) is 1. The van der Waals surface area contributed by atoms with Gasteiger partial charge in [-0.3, -0.25) is 4.79 Å². The Morgan fingerprint density at radius 2 is 1.79 bits per heavy atom. The Kier molecular flexibility index (Phi) is 5.33. The Balaban J connectivity index is 2.01. The number of nitriles is 1. The molecule has 5 nitrogen and oxygen atoms in total. The predicted octanol–water partition coefficient (Wildman–Crippen LogP) is 3.36. The maximum atomic E-state index is 12.2. The lowest BCUT2D eigenvalue weighted by molar-refractivity contribution is -0.123. The van der Waals surface area contributed by atoms with Crippen LogP contribution in [0.1, 0.15) is 34.0 Å². The monoisotopic (exact) mass is 322 g/mol. The van der Waals surface area contributed by atoms with Gasteiger partial charge in [0.05, 0.1) is 17.2 Å². The van der Waals surface area contributed by atoms with Gasteiger partial charge in [0, 0.05) is 5.69 Å². The van der Waals surface area contributed by atoms with E-state index in [1.807, 2.05) is 26.0 Å². The smallest absolute Gasteiger partial charge is 0.339 e. The fourth-order valence-corrected chi connectivity index (χ4v) is 2.12. The quantitative estimate of drug-likeness (QED) is 0.875. The highest BCUT2D eigenvalue weighted by Gasteiger charge is 2.20. The molecule has 0 saturated heterocycles. The number of ether oxygens (including phenoxy) is 1. The number of nitrogens with one attached hydrogen (secondary N) is 1. The summed E-state index contributed by atoms with van der Waals surface area (Å²) in [6.07, 6.45) is -0.937. The first-order valence-electron chi connectivity index (χ1n) is 7.50. The molecule has 0 heterocycles. The van der Waals surface area contributed by atoms with E-state index in [1.165, 1.54) is 6.92 Å². The molecule has 0 aliphatic heterocycles. The Bertz CT molecular complexity index is 804. The van der Waals surface area contributed by atoms with Crippen LogP contribution in [0.5, 0.6) is 0 Å². The number of nitrogens with zero attached hydrogens (tertiary/aromatic N) is 1. The SMILES string of the molecule is Cc1cccc(C(=O)O[C@H](C)C(=O)Nc2ccc(C#N)cc2)c1C. The van der Waals surface area contributed by atoms with E-state index < -0.39 is 18.0 Å². The number of anilines is 1. The van der Waals surface area contributed by atoms with Crippen molar-refractivity contribution in [2.45, 2.75) is 26.9 Å². The first-order chi connectivity index (χ1) is 11.4. The van der Waals surface area contributed by atoms with E-state index in [9.17, 15) is 9.59 Å². The van der Waals surface area contributed by atoms with E-state index in [2.05, 4.69) is 5.32 Å². The molecule has 2 aromatic carbocycles. The highest BCUT2D eigenvalue weighted by atomic mass is 16.5. The Morgan fingerprint density at radius 3 is 2.42 bits per heavy atom. The fraction of sp³-hybridized carbons (Fsp3) is 0.211. The van der Waals surface area contributed by atoms with E-state index in [0.29, 0.717) is 16.8 Å². The van der Waals surface area contributed by atoms with Gasteiger partial charge < -0.3 is 10.1 Å². The van der Waals surface area contributed by atoms with E-state index in [1.54, 1.807) is 36.4 Å². The number of hydrogen-bond acceptors (Lipinski definition) is 4. The van der Waals surface area contributed by atoms with E-state index in [0.717, 1.165) is 11.1 Å². The minimum absolute atomic E-state index is 0.432. The molecule has 0 aromatic heterocycles. The van der Waals surface area contributed by atoms with Crippen molar-refractivity contribution in [3.05, 3.63) is 64.7 Å². The van der Waals surface area contributed by atoms with Gasteiger partial charge in [0.1, 0.15) is 0 Å². The minimum atomic E-state index is -0.937. The second-order valence-electron chi connectivity index (χ2n) is 5.47. The average Bonchev–Trinajstić information content (AvgIpc) is 2.57. The number of amides is 1. The van der Waals surface area contributed by atoms with Crippen LogP contribution in [0.2, 0.25) is 0 Å². The van der Waals surface area contributed by atoms with Gasteiger partial charge in [-0.2, -0.15) is 5.26 Å². The molecule has 0 unspecified atom stereocenters. The van der Waals surface area contributed by atoms with Gasteiger partial charge in [-0.25, -0.2) is 4.79 Å². The van der Waals surface area contributed by atoms with Crippen molar-refractivity contribution >= 4 is 17.6 Å². The van der Waals surface area contributed by atoms with Crippen LogP contribution >= 0.6 is 0 Å². The zero-order valence-electron chi connectivity index (χ0n) is 13.8. The van der Waals surface area contributed by atoms with Crippen LogP contribution in [-0.2, 0) is 9.53 Å². The van der Waals surface area contributed by atoms with Gasteiger partial charge in [0.2, 0.25) is 0 Å². The lowest BCUT2D eigenvalue weighted by Gasteiger charge is -2.15. The number of aryl methyl sites for hydroxylation is 1. The lowest BCUT2D eigenvalue weighted by Crippen LogP contribution is -2.30. The largest absolute Gasteiger partial charge is 0.449 e. The van der Waals surface area contributed by atoms with Crippen molar-refractivity contribution < 1.29 is 14.3 Å². The summed E-state index contributed by atoms with van der Waals surface area (Å²) in [5, 5.41) is 11.4. The van der Waals surface area contributed by atoms with Crippen molar-refractivity contribution in [1.82, 2.24) is 0 Å². The Hall–Kier alpha value is -3.13. The summed E-state index contributed by atoms with van der Waals surface area (Å²) in [6, 6.07) is 13.8. The van der Waals surface area contributed by atoms with Gasteiger partial charge in [0.15, 0.2) is 6.10 Å². The first kappa shape index (κ1) is 17.2. The summed E-state index contributed by atoms with van der Waals surface area (Å²) in [6.45, 7) is 5.27. The molecule has 0 radical (unpaired) electrons. The molecule has 0 saturated carbocycles. The molecule has 0 fully saturated rings. The van der Waals surface area contributed by atoms with Crippen LogP contribution in [0.15, 0.2) is 42.5 Å². The lowest BCUT2D eigenvalue weighted by atomic mass is 10.0. The van der Waals surface area contributed by atoms with E-state index in [-0.39, 0.29) is 0 Å². The van der Waals surface area contributed by atoms with E-state index >= 15 is 0 Å². The van der Waals surface area contributed by atoms with Crippen molar-refractivity contribution in [1.29, 1.82) is 5.26 Å². The summed E-state index contributed by atoms with van der Waals surface area (Å²) in [5.41, 5.74) is 3.31. The molecule has 0 bridgehead atoms. The van der Waals surface area contributed by atoms with Crippen LogP contribution in [-0.4, -0.2) is 18.0 Å². The average molecular weight is 322 g/mol. The molecule has 122 valence electrons.